The van der Waals surface area contributed by atoms with Crippen LogP contribution in [0.1, 0.15) is 25.8 Å². The first-order valence-corrected chi connectivity index (χ1v) is 5.42. The summed E-state index contributed by atoms with van der Waals surface area (Å²) >= 11 is 0. The quantitative estimate of drug-likeness (QED) is 0.414. The minimum absolute atomic E-state index is 0.110. The minimum Gasteiger partial charge on any atom is -0.315 e. The zero-order chi connectivity index (χ0) is 12.6. The van der Waals surface area contributed by atoms with E-state index in [0.717, 1.165) is 11.3 Å². The van der Waals surface area contributed by atoms with E-state index in [9.17, 15) is 4.79 Å². The van der Waals surface area contributed by atoms with E-state index >= 15 is 0 Å². The Labute approximate surface area is 99.7 Å². The number of anilines is 1. The van der Waals surface area contributed by atoms with Crippen molar-refractivity contribution in [2.75, 3.05) is 11.9 Å². The number of hydrogen-bond acceptors (Lipinski definition) is 2. The summed E-state index contributed by atoms with van der Waals surface area (Å²) in [6.45, 7) is 4.05. The third-order valence-corrected chi connectivity index (χ3v) is 3.20. The van der Waals surface area contributed by atoms with E-state index in [2.05, 4.69) is 10.0 Å². The van der Waals surface area contributed by atoms with Crippen LogP contribution in [0.25, 0.3) is 10.4 Å². The molecule has 0 N–H and O–H groups in total. The molecule has 0 aliphatic carbocycles. The molecule has 1 aromatic carbocycles. The van der Waals surface area contributed by atoms with Gasteiger partial charge in [0.25, 0.3) is 0 Å². The molecule has 1 amide bonds. The summed E-state index contributed by atoms with van der Waals surface area (Å²) in [5, 5.41) is 3.60. The molecule has 1 aliphatic heterocycles. The molecule has 0 spiro atoms. The molecule has 0 aromatic heterocycles. The van der Waals surface area contributed by atoms with E-state index in [4.69, 9.17) is 5.53 Å². The van der Waals surface area contributed by atoms with Gasteiger partial charge in [0, 0.05) is 35.2 Å². The Kier molecular flexibility index (Phi) is 2.56. The number of rotatable bonds is 1. The number of amides is 1. The molecule has 5 nitrogen and oxygen atoms in total. The van der Waals surface area contributed by atoms with Gasteiger partial charge in [-0.1, -0.05) is 25.0 Å². The number of fused-ring (bicyclic) bond motifs is 1. The number of azide groups is 1. The first-order chi connectivity index (χ1) is 7.95. The largest absolute Gasteiger partial charge is 0.315 e. The second kappa shape index (κ2) is 3.79. The van der Waals surface area contributed by atoms with Crippen LogP contribution in [-0.4, -0.2) is 13.0 Å². The van der Waals surface area contributed by atoms with Gasteiger partial charge >= 0.3 is 0 Å². The lowest BCUT2D eigenvalue weighted by atomic mass is 9.77. The van der Waals surface area contributed by atoms with Crippen molar-refractivity contribution in [3.8, 4) is 0 Å². The normalized spacial score (nSPS) is 17.4. The third-order valence-electron chi connectivity index (χ3n) is 3.20. The van der Waals surface area contributed by atoms with Crippen molar-refractivity contribution < 1.29 is 4.79 Å². The molecule has 0 unspecified atom stereocenters. The molecule has 0 fully saturated rings. The molecule has 17 heavy (non-hydrogen) atoms. The number of benzene rings is 1. The second-order valence-corrected chi connectivity index (χ2v) is 4.90. The molecular weight excluding hydrogens is 216 g/mol. The number of carbonyl (C=O) groups is 1. The highest BCUT2D eigenvalue weighted by Gasteiger charge is 2.34. The van der Waals surface area contributed by atoms with Gasteiger partial charge < -0.3 is 4.90 Å². The fourth-order valence-corrected chi connectivity index (χ4v) is 2.20. The fraction of sp³-hybridized carbons (Fsp3) is 0.417. The van der Waals surface area contributed by atoms with E-state index in [1.54, 1.807) is 18.0 Å². The van der Waals surface area contributed by atoms with Crippen LogP contribution in [0.5, 0.6) is 0 Å². The Morgan fingerprint density at radius 1 is 1.47 bits per heavy atom. The predicted octanol–water partition coefficient (Wildman–Crippen LogP) is 3.27. The maximum Gasteiger partial charge on any atom is 0.227 e. The Bertz CT molecular complexity index is 529. The van der Waals surface area contributed by atoms with Crippen molar-refractivity contribution >= 4 is 17.3 Å². The number of nitrogens with zero attached hydrogens (tertiary/aromatic N) is 4. The van der Waals surface area contributed by atoms with Crippen LogP contribution in [0.3, 0.4) is 0 Å². The van der Waals surface area contributed by atoms with Crippen molar-refractivity contribution in [3.63, 3.8) is 0 Å². The zero-order valence-electron chi connectivity index (χ0n) is 10.1. The lowest BCUT2D eigenvalue weighted by Gasteiger charge is -2.37. The standard InChI is InChI=1S/C12H14N4O/c1-12(2)7-11(17)16(3)10-5-4-8(14-15-13)6-9(10)12/h4-6H,7H2,1-3H3. The molecule has 1 heterocycles. The molecule has 0 atom stereocenters. The zero-order valence-corrected chi connectivity index (χ0v) is 10.1. The topological polar surface area (TPSA) is 69.1 Å². The Morgan fingerprint density at radius 2 is 2.18 bits per heavy atom. The summed E-state index contributed by atoms with van der Waals surface area (Å²) in [4.78, 5) is 16.3. The van der Waals surface area contributed by atoms with Crippen molar-refractivity contribution in [2.45, 2.75) is 25.7 Å². The minimum atomic E-state index is -0.222. The van der Waals surface area contributed by atoms with Crippen LogP contribution >= 0.6 is 0 Å². The van der Waals surface area contributed by atoms with Gasteiger partial charge in [-0.3, -0.25) is 4.79 Å². The monoisotopic (exact) mass is 230 g/mol. The van der Waals surface area contributed by atoms with Crippen molar-refractivity contribution in [2.24, 2.45) is 5.11 Å². The summed E-state index contributed by atoms with van der Waals surface area (Å²) < 4.78 is 0. The molecule has 1 aliphatic rings. The molecule has 1 aromatic rings. The highest BCUT2D eigenvalue weighted by molar-refractivity contribution is 5.97. The van der Waals surface area contributed by atoms with Gasteiger partial charge in [-0.15, -0.1) is 0 Å². The van der Waals surface area contributed by atoms with Crippen LogP contribution in [0.4, 0.5) is 11.4 Å². The van der Waals surface area contributed by atoms with Crippen molar-refractivity contribution in [1.82, 2.24) is 0 Å². The Hall–Kier alpha value is -2.00. The van der Waals surface area contributed by atoms with Gasteiger partial charge in [-0.2, -0.15) is 0 Å². The van der Waals surface area contributed by atoms with Gasteiger partial charge in [0.05, 0.1) is 0 Å². The Balaban J connectivity index is 2.62. The van der Waals surface area contributed by atoms with Gasteiger partial charge in [-0.25, -0.2) is 0 Å². The molecule has 2 rings (SSSR count). The average molecular weight is 230 g/mol. The van der Waals surface area contributed by atoms with Gasteiger partial charge in [0.2, 0.25) is 5.91 Å². The van der Waals surface area contributed by atoms with Crippen LogP contribution < -0.4 is 4.90 Å². The molecule has 88 valence electrons. The summed E-state index contributed by atoms with van der Waals surface area (Å²) in [6, 6.07) is 5.42. The molecule has 0 saturated carbocycles. The van der Waals surface area contributed by atoms with Crippen LogP contribution in [0.2, 0.25) is 0 Å². The third kappa shape index (κ3) is 1.85. The van der Waals surface area contributed by atoms with E-state index in [1.165, 1.54) is 0 Å². The van der Waals surface area contributed by atoms with E-state index in [1.807, 2.05) is 26.0 Å². The molecule has 0 radical (unpaired) electrons. The fourth-order valence-electron chi connectivity index (χ4n) is 2.20. The summed E-state index contributed by atoms with van der Waals surface area (Å²) in [5.41, 5.74) is 10.7. The number of hydrogen-bond donors (Lipinski definition) is 0. The van der Waals surface area contributed by atoms with Crippen LogP contribution in [0, 0.1) is 0 Å². The van der Waals surface area contributed by atoms with E-state index < -0.39 is 0 Å². The van der Waals surface area contributed by atoms with E-state index in [-0.39, 0.29) is 11.3 Å². The number of carbonyl (C=O) groups excluding carboxylic acids is 1. The lowest BCUT2D eigenvalue weighted by molar-refractivity contribution is -0.119. The summed E-state index contributed by atoms with van der Waals surface area (Å²) in [5.74, 6) is 0.110. The van der Waals surface area contributed by atoms with Crippen LogP contribution in [0.15, 0.2) is 23.3 Å². The maximum atomic E-state index is 11.8. The van der Waals surface area contributed by atoms with Crippen molar-refractivity contribution in [3.05, 3.63) is 34.2 Å². The van der Waals surface area contributed by atoms with Crippen molar-refractivity contribution in [1.29, 1.82) is 0 Å². The van der Waals surface area contributed by atoms with E-state index in [0.29, 0.717) is 12.1 Å². The molecule has 5 heteroatoms. The smallest absolute Gasteiger partial charge is 0.227 e. The molecule has 0 bridgehead atoms. The summed E-state index contributed by atoms with van der Waals surface area (Å²) in [6.07, 6.45) is 0.468. The van der Waals surface area contributed by atoms with Gasteiger partial charge in [0.1, 0.15) is 0 Å². The summed E-state index contributed by atoms with van der Waals surface area (Å²) in [7, 11) is 1.77. The first kappa shape index (κ1) is 11.5. The predicted molar refractivity (Wildman–Crippen MR) is 66.3 cm³/mol. The maximum absolute atomic E-state index is 11.8. The SMILES string of the molecule is CN1C(=O)CC(C)(C)c2cc(N=[N+]=[N-])ccc21. The lowest BCUT2D eigenvalue weighted by Crippen LogP contribution is -2.39. The van der Waals surface area contributed by atoms with Gasteiger partial charge in [-0.05, 0) is 23.2 Å². The molecule has 0 saturated heterocycles. The highest BCUT2D eigenvalue weighted by atomic mass is 16.2. The van der Waals surface area contributed by atoms with Gasteiger partial charge in [0.15, 0.2) is 0 Å². The Morgan fingerprint density at radius 3 is 2.82 bits per heavy atom. The second-order valence-electron chi connectivity index (χ2n) is 4.90. The highest BCUT2D eigenvalue weighted by Crippen LogP contribution is 2.41. The first-order valence-electron chi connectivity index (χ1n) is 5.42. The van der Waals surface area contributed by atoms with Crippen LogP contribution in [-0.2, 0) is 10.2 Å². The average Bonchev–Trinajstić information content (AvgIpc) is 2.26. The molecular formula is C12H14N4O.